The van der Waals surface area contributed by atoms with E-state index in [0.717, 1.165) is 50.2 Å². The number of nitrogens with zero attached hydrogens (tertiary/aromatic N) is 2. The predicted molar refractivity (Wildman–Crippen MR) is 109 cm³/mol. The molecule has 2 rings (SSSR count). The molecule has 1 aromatic rings. The Balaban J connectivity index is 0.00000312. The lowest BCUT2D eigenvalue weighted by molar-refractivity contribution is -0.384. The Kier molecular flexibility index (Phi) is 10.4. The summed E-state index contributed by atoms with van der Waals surface area (Å²) in [7, 11) is 0. The first kappa shape index (κ1) is 21.6. The van der Waals surface area contributed by atoms with Crippen LogP contribution in [0.4, 0.5) is 5.69 Å². The Labute approximate surface area is 165 Å². The number of hydrogen-bond donors (Lipinski definition) is 2. The van der Waals surface area contributed by atoms with Gasteiger partial charge in [-0.05, 0) is 37.7 Å². The topological polar surface area (TPSA) is 88.8 Å². The Morgan fingerprint density at radius 1 is 1.32 bits per heavy atom. The molecule has 0 radical (unpaired) electrons. The summed E-state index contributed by atoms with van der Waals surface area (Å²) < 4.78 is 5.60. The molecule has 8 heteroatoms. The molecule has 1 saturated carbocycles. The van der Waals surface area contributed by atoms with E-state index in [0.29, 0.717) is 6.54 Å². The minimum Gasteiger partial charge on any atom is -0.381 e. The summed E-state index contributed by atoms with van der Waals surface area (Å²) in [6.45, 7) is 5.74. The van der Waals surface area contributed by atoms with Crippen molar-refractivity contribution < 1.29 is 9.66 Å². The van der Waals surface area contributed by atoms with Crippen LogP contribution in [0.2, 0.25) is 0 Å². The minimum absolute atomic E-state index is 0. The Hall–Kier alpha value is -1.42. The van der Waals surface area contributed by atoms with E-state index in [2.05, 4.69) is 15.6 Å². The van der Waals surface area contributed by atoms with E-state index in [1.54, 1.807) is 12.1 Å². The standard InChI is InChI=1S/C17H26N4O3.HI/c1-2-18-17(19-10-3-11-24-13-15-4-5-15)20-12-14-6-8-16(9-7-14)21(22)23;/h6-9,15H,2-5,10-13H2,1H3,(H2,18,19,20);1H. The molecular weight excluding hydrogens is 435 g/mol. The second-order valence-electron chi connectivity index (χ2n) is 5.92. The summed E-state index contributed by atoms with van der Waals surface area (Å²) in [5.41, 5.74) is 1.03. The van der Waals surface area contributed by atoms with Gasteiger partial charge in [0, 0.05) is 38.4 Å². The summed E-state index contributed by atoms with van der Waals surface area (Å²) >= 11 is 0. The summed E-state index contributed by atoms with van der Waals surface area (Å²) in [4.78, 5) is 14.7. The lowest BCUT2D eigenvalue weighted by atomic mass is 10.2. The molecule has 140 valence electrons. The number of aliphatic imine (C=N–C) groups is 1. The van der Waals surface area contributed by atoms with Crippen molar-refractivity contribution in [3.63, 3.8) is 0 Å². The lowest BCUT2D eigenvalue weighted by Crippen LogP contribution is -2.38. The van der Waals surface area contributed by atoms with E-state index >= 15 is 0 Å². The number of non-ortho nitro benzene ring substituents is 1. The fourth-order valence-electron chi connectivity index (χ4n) is 2.15. The average Bonchev–Trinajstić information content (AvgIpc) is 3.40. The number of nitrogens with one attached hydrogen (secondary N) is 2. The molecule has 0 amide bonds. The third-order valence-electron chi connectivity index (χ3n) is 3.72. The maximum absolute atomic E-state index is 10.6. The third kappa shape index (κ3) is 9.01. The highest BCUT2D eigenvalue weighted by Crippen LogP contribution is 2.28. The van der Waals surface area contributed by atoms with E-state index in [1.807, 2.05) is 6.92 Å². The molecule has 0 heterocycles. The smallest absolute Gasteiger partial charge is 0.269 e. The van der Waals surface area contributed by atoms with Crippen molar-refractivity contribution in [1.29, 1.82) is 0 Å². The number of ether oxygens (including phenoxy) is 1. The molecule has 1 aromatic carbocycles. The molecule has 1 aliphatic rings. The zero-order chi connectivity index (χ0) is 17.2. The van der Waals surface area contributed by atoms with E-state index in [-0.39, 0.29) is 29.7 Å². The highest BCUT2D eigenvalue weighted by atomic mass is 127. The fraction of sp³-hybridized carbons (Fsp3) is 0.588. The highest BCUT2D eigenvalue weighted by molar-refractivity contribution is 14.0. The average molecular weight is 462 g/mol. The molecule has 0 aromatic heterocycles. The molecular formula is C17H27IN4O3. The van der Waals surface area contributed by atoms with Gasteiger partial charge in [0.2, 0.25) is 0 Å². The number of hydrogen-bond acceptors (Lipinski definition) is 4. The van der Waals surface area contributed by atoms with E-state index in [9.17, 15) is 10.1 Å². The molecule has 1 aliphatic carbocycles. The maximum atomic E-state index is 10.6. The van der Waals surface area contributed by atoms with Crippen molar-refractivity contribution in [2.24, 2.45) is 10.9 Å². The molecule has 2 N–H and O–H groups in total. The van der Waals surface area contributed by atoms with E-state index in [4.69, 9.17) is 4.74 Å². The summed E-state index contributed by atoms with van der Waals surface area (Å²) in [5, 5.41) is 17.1. The molecule has 0 aliphatic heterocycles. The second kappa shape index (κ2) is 12.0. The number of guanidine groups is 1. The van der Waals surface area contributed by atoms with Crippen LogP contribution in [0.15, 0.2) is 29.3 Å². The van der Waals surface area contributed by atoms with Gasteiger partial charge in [-0.2, -0.15) is 0 Å². The minimum atomic E-state index is -0.399. The van der Waals surface area contributed by atoms with Gasteiger partial charge >= 0.3 is 0 Å². The SMILES string of the molecule is CCNC(=NCc1ccc([N+](=O)[O-])cc1)NCCCOCC1CC1.I. The van der Waals surface area contributed by atoms with Crippen LogP contribution in [0.5, 0.6) is 0 Å². The van der Waals surface area contributed by atoms with Crippen molar-refractivity contribution >= 4 is 35.6 Å². The van der Waals surface area contributed by atoms with Gasteiger partial charge < -0.3 is 15.4 Å². The first-order valence-corrected chi connectivity index (χ1v) is 8.52. The number of rotatable bonds is 10. The monoisotopic (exact) mass is 462 g/mol. The lowest BCUT2D eigenvalue weighted by Gasteiger charge is -2.11. The Morgan fingerprint density at radius 2 is 2.04 bits per heavy atom. The van der Waals surface area contributed by atoms with Gasteiger partial charge in [-0.1, -0.05) is 12.1 Å². The molecule has 25 heavy (non-hydrogen) atoms. The van der Waals surface area contributed by atoms with Crippen LogP contribution < -0.4 is 10.6 Å². The fourth-order valence-corrected chi connectivity index (χ4v) is 2.15. The number of nitro benzene ring substituents is 1. The van der Waals surface area contributed by atoms with Crippen LogP contribution in [-0.2, 0) is 11.3 Å². The Bertz CT molecular complexity index is 547. The normalized spacial score (nSPS) is 13.9. The van der Waals surface area contributed by atoms with Gasteiger partial charge in [-0.25, -0.2) is 4.99 Å². The van der Waals surface area contributed by atoms with Gasteiger partial charge in [0.15, 0.2) is 5.96 Å². The van der Waals surface area contributed by atoms with Gasteiger partial charge in [0.1, 0.15) is 0 Å². The van der Waals surface area contributed by atoms with Crippen LogP contribution in [-0.4, -0.2) is 37.2 Å². The molecule has 0 unspecified atom stereocenters. The van der Waals surface area contributed by atoms with Gasteiger partial charge in [-0.15, -0.1) is 24.0 Å². The van der Waals surface area contributed by atoms with Crippen molar-refractivity contribution in [1.82, 2.24) is 10.6 Å². The van der Waals surface area contributed by atoms with Crippen LogP contribution in [0.25, 0.3) is 0 Å². The van der Waals surface area contributed by atoms with Gasteiger partial charge in [0.25, 0.3) is 5.69 Å². The highest BCUT2D eigenvalue weighted by Gasteiger charge is 2.20. The summed E-state index contributed by atoms with van der Waals surface area (Å²) in [5.74, 6) is 1.55. The van der Waals surface area contributed by atoms with Crippen LogP contribution in [0, 0.1) is 16.0 Å². The summed E-state index contributed by atoms with van der Waals surface area (Å²) in [6, 6.07) is 6.47. The molecule has 0 saturated heterocycles. The van der Waals surface area contributed by atoms with Crippen LogP contribution in [0.1, 0.15) is 31.7 Å². The zero-order valence-electron chi connectivity index (χ0n) is 14.6. The largest absolute Gasteiger partial charge is 0.381 e. The molecule has 1 fully saturated rings. The van der Waals surface area contributed by atoms with Crippen LogP contribution in [0.3, 0.4) is 0 Å². The van der Waals surface area contributed by atoms with E-state index in [1.165, 1.54) is 25.0 Å². The van der Waals surface area contributed by atoms with Crippen molar-refractivity contribution in [3.05, 3.63) is 39.9 Å². The Morgan fingerprint density at radius 3 is 2.64 bits per heavy atom. The van der Waals surface area contributed by atoms with Gasteiger partial charge in [0.05, 0.1) is 11.5 Å². The quantitative estimate of drug-likeness (QED) is 0.139. The first-order chi connectivity index (χ1) is 11.7. The second-order valence-corrected chi connectivity index (χ2v) is 5.92. The maximum Gasteiger partial charge on any atom is 0.269 e. The summed E-state index contributed by atoms with van der Waals surface area (Å²) in [6.07, 6.45) is 3.57. The van der Waals surface area contributed by atoms with Crippen molar-refractivity contribution in [2.75, 3.05) is 26.3 Å². The predicted octanol–water partition coefficient (Wildman–Crippen LogP) is 3.08. The molecule has 0 atom stereocenters. The van der Waals surface area contributed by atoms with E-state index < -0.39 is 4.92 Å². The van der Waals surface area contributed by atoms with Crippen molar-refractivity contribution in [2.45, 2.75) is 32.7 Å². The molecule has 7 nitrogen and oxygen atoms in total. The van der Waals surface area contributed by atoms with Crippen LogP contribution >= 0.6 is 24.0 Å². The third-order valence-corrected chi connectivity index (χ3v) is 3.72. The van der Waals surface area contributed by atoms with Gasteiger partial charge in [-0.3, -0.25) is 10.1 Å². The zero-order valence-corrected chi connectivity index (χ0v) is 16.9. The number of nitro groups is 1. The van der Waals surface area contributed by atoms with Crippen molar-refractivity contribution in [3.8, 4) is 0 Å². The number of halogens is 1. The molecule has 0 spiro atoms. The number of benzene rings is 1. The molecule has 0 bridgehead atoms. The first-order valence-electron chi connectivity index (χ1n) is 8.52.